The van der Waals surface area contributed by atoms with E-state index in [-0.39, 0.29) is 0 Å². The van der Waals surface area contributed by atoms with Gasteiger partial charge in [0.2, 0.25) is 0 Å². The zero-order valence-electron chi connectivity index (χ0n) is 11.8. The average molecular weight is 267 g/mol. The summed E-state index contributed by atoms with van der Waals surface area (Å²) >= 11 is 0. The van der Waals surface area contributed by atoms with Crippen LogP contribution >= 0.6 is 0 Å². The number of aromatic nitrogens is 2. The van der Waals surface area contributed by atoms with Crippen LogP contribution in [0.2, 0.25) is 0 Å². The standard InChI is InChI=1S/C16H17N3O/c1-19(2)15-9-8-11(20-3)10-12(15)16-17-13-6-4-5-7-14(13)18-16/h4-10H,1-3H3,(H,17,18). The van der Waals surface area contributed by atoms with Crippen LogP contribution < -0.4 is 9.64 Å². The molecule has 0 atom stereocenters. The molecule has 4 heteroatoms. The van der Waals surface area contributed by atoms with Crippen molar-refractivity contribution in [2.75, 3.05) is 26.1 Å². The second kappa shape index (κ2) is 4.89. The van der Waals surface area contributed by atoms with Gasteiger partial charge in [-0.15, -0.1) is 0 Å². The van der Waals surface area contributed by atoms with Crippen molar-refractivity contribution in [3.63, 3.8) is 0 Å². The second-order valence-electron chi connectivity index (χ2n) is 4.88. The van der Waals surface area contributed by atoms with Gasteiger partial charge in [0.25, 0.3) is 0 Å². The largest absolute Gasteiger partial charge is 0.497 e. The Bertz CT molecular complexity index is 713. The number of fused-ring (bicyclic) bond motifs is 1. The third-order valence-corrected chi connectivity index (χ3v) is 3.33. The molecule has 3 aromatic rings. The van der Waals surface area contributed by atoms with Gasteiger partial charge < -0.3 is 14.6 Å². The quantitative estimate of drug-likeness (QED) is 0.791. The Hall–Kier alpha value is -2.49. The Kier molecular flexibility index (Phi) is 3.06. The average Bonchev–Trinajstić information content (AvgIpc) is 2.90. The molecular formula is C16H17N3O. The molecule has 1 heterocycles. The summed E-state index contributed by atoms with van der Waals surface area (Å²) in [5.74, 6) is 1.68. The fourth-order valence-electron chi connectivity index (χ4n) is 2.30. The number of nitrogens with one attached hydrogen (secondary N) is 1. The normalized spacial score (nSPS) is 10.8. The topological polar surface area (TPSA) is 41.1 Å². The zero-order chi connectivity index (χ0) is 14.1. The molecule has 102 valence electrons. The Balaban J connectivity index is 2.20. The molecule has 3 rings (SSSR count). The van der Waals surface area contributed by atoms with Gasteiger partial charge in [0.1, 0.15) is 11.6 Å². The highest BCUT2D eigenvalue weighted by atomic mass is 16.5. The van der Waals surface area contributed by atoms with Gasteiger partial charge in [0, 0.05) is 25.3 Å². The highest BCUT2D eigenvalue weighted by Crippen LogP contribution is 2.32. The number of nitrogens with zero attached hydrogens (tertiary/aromatic N) is 2. The van der Waals surface area contributed by atoms with Crippen molar-refractivity contribution >= 4 is 16.7 Å². The predicted molar refractivity (Wildman–Crippen MR) is 82.4 cm³/mol. The van der Waals surface area contributed by atoms with E-state index in [2.05, 4.69) is 14.9 Å². The minimum absolute atomic E-state index is 0.825. The monoisotopic (exact) mass is 267 g/mol. The summed E-state index contributed by atoms with van der Waals surface area (Å²) in [7, 11) is 5.72. The van der Waals surface area contributed by atoms with Gasteiger partial charge in [-0.25, -0.2) is 4.98 Å². The molecule has 0 saturated heterocycles. The second-order valence-corrected chi connectivity index (χ2v) is 4.88. The number of aromatic amines is 1. The fourth-order valence-corrected chi connectivity index (χ4v) is 2.30. The van der Waals surface area contributed by atoms with Crippen molar-refractivity contribution in [1.82, 2.24) is 9.97 Å². The summed E-state index contributed by atoms with van der Waals surface area (Å²) < 4.78 is 5.32. The predicted octanol–water partition coefficient (Wildman–Crippen LogP) is 3.30. The lowest BCUT2D eigenvalue weighted by atomic mass is 10.1. The first-order chi connectivity index (χ1) is 9.69. The summed E-state index contributed by atoms with van der Waals surface area (Å²) in [4.78, 5) is 10.1. The van der Waals surface area contributed by atoms with Crippen molar-refractivity contribution in [3.8, 4) is 17.1 Å². The molecule has 0 fully saturated rings. The summed E-state index contributed by atoms with van der Waals surface area (Å²) in [5.41, 5.74) is 4.14. The third kappa shape index (κ3) is 2.09. The van der Waals surface area contributed by atoms with Crippen molar-refractivity contribution in [1.29, 1.82) is 0 Å². The maximum absolute atomic E-state index is 5.32. The van der Waals surface area contributed by atoms with E-state index in [1.807, 2.05) is 56.6 Å². The number of methoxy groups -OCH3 is 1. The van der Waals surface area contributed by atoms with Crippen molar-refractivity contribution in [2.24, 2.45) is 0 Å². The van der Waals surface area contributed by atoms with Crippen LogP contribution in [-0.2, 0) is 0 Å². The van der Waals surface area contributed by atoms with Gasteiger partial charge >= 0.3 is 0 Å². The number of hydrogen-bond acceptors (Lipinski definition) is 3. The number of H-pyrrole nitrogens is 1. The van der Waals surface area contributed by atoms with Crippen LogP contribution in [0.3, 0.4) is 0 Å². The molecule has 4 nitrogen and oxygen atoms in total. The number of benzene rings is 2. The molecule has 0 unspecified atom stereocenters. The number of anilines is 1. The molecule has 1 N–H and O–H groups in total. The Morgan fingerprint density at radius 1 is 1.10 bits per heavy atom. The number of imidazole rings is 1. The summed E-state index contributed by atoms with van der Waals surface area (Å²) in [6.45, 7) is 0. The van der Waals surface area contributed by atoms with Crippen LogP contribution in [0.5, 0.6) is 5.75 Å². The van der Waals surface area contributed by atoms with E-state index in [1.165, 1.54) is 0 Å². The van der Waals surface area contributed by atoms with E-state index in [4.69, 9.17) is 4.74 Å². The smallest absolute Gasteiger partial charge is 0.140 e. The minimum Gasteiger partial charge on any atom is -0.497 e. The molecule has 0 spiro atoms. The Morgan fingerprint density at radius 3 is 2.60 bits per heavy atom. The fraction of sp³-hybridized carbons (Fsp3) is 0.188. The van der Waals surface area contributed by atoms with Gasteiger partial charge in [-0.1, -0.05) is 12.1 Å². The summed E-state index contributed by atoms with van der Waals surface area (Å²) in [6, 6.07) is 14.0. The lowest BCUT2D eigenvalue weighted by Gasteiger charge is -2.17. The van der Waals surface area contributed by atoms with E-state index in [0.29, 0.717) is 0 Å². The van der Waals surface area contributed by atoms with Gasteiger partial charge in [-0.2, -0.15) is 0 Å². The Morgan fingerprint density at radius 2 is 1.90 bits per heavy atom. The molecule has 0 saturated carbocycles. The van der Waals surface area contributed by atoms with Crippen LogP contribution in [0.25, 0.3) is 22.4 Å². The van der Waals surface area contributed by atoms with Crippen LogP contribution in [0.15, 0.2) is 42.5 Å². The van der Waals surface area contributed by atoms with Gasteiger partial charge in [-0.3, -0.25) is 0 Å². The highest BCUT2D eigenvalue weighted by molar-refractivity contribution is 5.83. The van der Waals surface area contributed by atoms with Gasteiger partial charge in [0.05, 0.1) is 18.1 Å². The first-order valence-electron chi connectivity index (χ1n) is 6.49. The van der Waals surface area contributed by atoms with Crippen LogP contribution in [0, 0.1) is 0 Å². The molecule has 2 aromatic carbocycles. The van der Waals surface area contributed by atoms with Gasteiger partial charge in [-0.05, 0) is 30.3 Å². The summed E-state index contributed by atoms with van der Waals surface area (Å²) in [5, 5.41) is 0. The van der Waals surface area contributed by atoms with Crippen LogP contribution in [0.4, 0.5) is 5.69 Å². The molecule has 0 aliphatic rings. The number of ether oxygens (including phenoxy) is 1. The Labute approximate surface area is 118 Å². The number of rotatable bonds is 3. The minimum atomic E-state index is 0.825. The number of hydrogen-bond donors (Lipinski definition) is 1. The highest BCUT2D eigenvalue weighted by Gasteiger charge is 2.12. The molecule has 1 aromatic heterocycles. The number of para-hydroxylation sites is 2. The third-order valence-electron chi connectivity index (χ3n) is 3.33. The van der Waals surface area contributed by atoms with E-state index >= 15 is 0 Å². The van der Waals surface area contributed by atoms with E-state index < -0.39 is 0 Å². The molecular weight excluding hydrogens is 250 g/mol. The zero-order valence-corrected chi connectivity index (χ0v) is 11.8. The van der Waals surface area contributed by atoms with Gasteiger partial charge in [0.15, 0.2) is 0 Å². The maximum Gasteiger partial charge on any atom is 0.140 e. The molecule has 0 bridgehead atoms. The van der Waals surface area contributed by atoms with Crippen molar-refractivity contribution < 1.29 is 4.74 Å². The first-order valence-corrected chi connectivity index (χ1v) is 6.49. The lowest BCUT2D eigenvalue weighted by molar-refractivity contribution is 0.415. The van der Waals surface area contributed by atoms with E-state index in [9.17, 15) is 0 Å². The van der Waals surface area contributed by atoms with E-state index in [1.54, 1.807) is 7.11 Å². The maximum atomic E-state index is 5.32. The molecule has 0 aliphatic carbocycles. The molecule has 0 radical (unpaired) electrons. The lowest BCUT2D eigenvalue weighted by Crippen LogP contribution is -2.10. The SMILES string of the molecule is COc1ccc(N(C)C)c(-c2nc3ccccc3[nH]2)c1. The van der Waals surface area contributed by atoms with Crippen LogP contribution in [-0.4, -0.2) is 31.2 Å². The molecule has 0 aliphatic heterocycles. The molecule has 0 amide bonds. The van der Waals surface area contributed by atoms with Crippen molar-refractivity contribution in [2.45, 2.75) is 0 Å². The van der Waals surface area contributed by atoms with Crippen LogP contribution in [0.1, 0.15) is 0 Å². The van der Waals surface area contributed by atoms with E-state index in [0.717, 1.165) is 33.9 Å². The summed E-state index contributed by atoms with van der Waals surface area (Å²) in [6.07, 6.45) is 0. The molecule has 20 heavy (non-hydrogen) atoms. The van der Waals surface area contributed by atoms with Crippen molar-refractivity contribution in [3.05, 3.63) is 42.5 Å². The first kappa shape index (κ1) is 12.5.